The number of anilines is 1. The molecule has 0 radical (unpaired) electrons. The molecule has 1 heterocycles. The number of allylic oxidation sites excluding steroid dienone is 1. The summed E-state index contributed by atoms with van der Waals surface area (Å²) in [6.45, 7) is 5.10. The Labute approximate surface area is 137 Å². The number of aryl methyl sites for hydroxylation is 1. The van der Waals surface area contributed by atoms with Crippen LogP contribution >= 0.6 is 0 Å². The van der Waals surface area contributed by atoms with Crippen molar-refractivity contribution in [3.05, 3.63) is 68.6 Å². The van der Waals surface area contributed by atoms with Crippen LogP contribution < -0.4 is 10.3 Å². The van der Waals surface area contributed by atoms with Crippen LogP contribution in [0.2, 0.25) is 0 Å². The van der Waals surface area contributed by atoms with E-state index < -0.39 is 20.5 Å². The van der Waals surface area contributed by atoms with Crippen LogP contribution in [-0.4, -0.2) is 23.3 Å². The summed E-state index contributed by atoms with van der Waals surface area (Å²) in [6.07, 6.45) is 1.83. The third-order valence-corrected chi connectivity index (χ3v) is 4.48. The molecular formula is C14H14N4O5S. The molecule has 0 aliphatic heterocycles. The van der Waals surface area contributed by atoms with Crippen LogP contribution in [0.25, 0.3) is 0 Å². The number of nitro groups is 1. The SMILES string of the molecule is C=CCc1c(C)nc(NS(=O)(=O)c2cccc([N+](=O)[O-])c2)[nH]c1=O. The monoisotopic (exact) mass is 350 g/mol. The molecule has 0 saturated carbocycles. The fourth-order valence-electron chi connectivity index (χ4n) is 1.99. The Hall–Kier alpha value is -3.01. The van der Waals surface area contributed by atoms with Gasteiger partial charge >= 0.3 is 0 Å². The van der Waals surface area contributed by atoms with Crippen LogP contribution in [0.3, 0.4) is 0 Å². The highest BCUT2D eigenvalue weighted by Crippen LogP contribution is 2.19. The standard InChI is InChI=1S/C14H14N4O5S/c1-3-5-12-9(2)15-14(16-13(12)19)17-24(22,23)11-7-4-6-10(8-11)18(20)21/h3-4,6-8H,1,5H2,2H3,(H2,15,16,17,19). The van der Waals surface area contributed by atoms with Crippen molar-refractivity contribution in [1.82, 2.24) is 9.97 Å². The summed E-state index contributed by atoms with van der Waals surface area (Å²) >= 11 is 0. The molecule has 10 heteroatoms. The lowest BCUT2D eigenvalue weighted by Gasteiger charge is -2.09. The van der Waals surface area contributed by atoms with E-state index in [1.165, 1.54) is 24.3 Å². The molecule has 1 aromatic carbocycles. The van der Waals surface area contributed by atoms with Crippen LogP contribution in [0, 0.1) is 17.0 Å². The van der Waals surface area contributed by atoms with Crippen LogP contribution in [0.4, 0.5) is 11.6 Å². The van der Waals surface area contributed by atoms with Gasteiger partial charge in [-0.2, -0.15) is 0 Å². The fraction of sp³-hybridized carbons (Fsp3) is 0.143. The number of hydrogen-bond acceptors (Lipinski definition) is 6. The van der Waals surface area contributed by atoms with Crippen molar-refractivity contribution in [2.24, 2.45) is 0 Å². The predicted molar refractivity (Wildman–Crippen MR) is 87.4 cm³/mol. The molecule has 0 bridgehead atoms. The largest absolute Gasteiger partial charge is 0.292 e. The predicted octanol–water partition coefficient (Wildman–Crippen LogP) is 1.52. The van der Waals surface area contributed by atoms with Gasteiger partial charge in [0.1, 0.15) is 0 Å². The minimum absolute atomic E-state index is 0.267. The van der Waals surface area contributed by atoms with Crippen molar-refractivity contribution in [2.45, 2.75) is 18.2 Å². The number of aromatic amines is 1. The minimum atomic E-state index is -4.14. The lowest BCUT2D eigenvalue weighted by atomic mass is 10.2. The molecule has 0 saturated heterocycles. The van der Waals surface area contributed by atoms with E-state index in [2.05, 4.69) is 21.3 Å². The van der Waals surface area contributed by atoms with Gasteiger partial charge < -0.3 is 0 Å². The average Bonchev–Trinajstić information content (AvgIpc) is 2.50. The second-order valence-electron chi connectivity index (χ2n) is 4.83. The Kier molecular flexibility index (Phi) is 4.79. The Bertz CT molecular complexity index is 965. The van der Waals surface area contributed by atoms with E-state index in [-0.39, 0.29) is 16.5 Å². The minimum Gasteiger partial charge on any atom is -0.292 e. The van der Waals surface area contributed by atoms with Crippen molar-refractivity contribution >= 4 is 21.7 Å². The van der Waals surface area contributed by atoms with Gasteiger partial charge in [-0.3, -0.25) is 19.9 Å². The average molecular weight is 350 g/mol. The maximum absolute atomic E-state index is 12.3. The van der Waals surface area contributed by atoms with Crippen molar-refractivity contribution in [1.29, 1.82) is 0 Å². The quantitative estimate of drug-likeness (QED) is 0.460. The summed E-state index contributed by atoms with van der Waals surface area (Å²) in [6, 6.07) is 4.54. The summed E-state index contributed by atoms with van der Waals surface area (Å²) in [5.41, 5.74) is -0.116. The third kappa shape index (κ3) is 3.66. The van der Waals surface area contributed by atoms with Crippen LogP contribution in [0.5, 0.6) is 0 Å². The first-order valence-corrected chi connectivity index (χ1v) is 8.21. The number of nitro benzene ring substituents is 1. The van der Waals surface area contributed by atoms with Gasteiger partial charge in [0.2, 0.25) is 5.95 Å². The zero-order valence-electron chi connectivity index (χ0n) is 12.6. The summed E-state index contributed by atoms with van der Waals surface area (Å²) in [4.78, 5) is 28.0. The smallest absolute Gasteiger partial charge is 0.270 e. The second-order valence-corrected chi connectivity index (χ2v) is 6.51. The van der Waals surface area contributed by atoms with Crippen LogP contribution in [-0.2, 0) is 16.4 Å². The first kappa shape index (κ1) is 17.3. The first-order valence-electron chi connectivity index (χ1n) is 6.72. The Balaban J connectivity index is 2.40. The second kappa shape index (κ2) is 6.62. The van der Waals surface area contributed by atoms with E-state index in [1.54, 1.807) is 6.92 Å². The molecule has 2 aromatic rings. The van der Waals surface area contributed by atoms with Gasteiger partial charge in [0.15, 0.2) is 0 Å². The molecule has 0 atom stereocenters. The number of nitrogens with zero attached hydrogens (tertiary/aromatic N) is 2. The van der Waals surface area contributed by atoms with E-state index in [9.17, 15) is 23.3 Å². The number of H-pyrrole nitrogens is 1. The number of hydrogen-bond donors (Lipinski definition) is 2. The summed E-state index contributed by atoms with van der Waals surface area (Å²) in [5, 5.41) is 10.7. The van der Waals surface area contributed by atoms with Gasteiger partial charge in [0, 0.05) is 17.7 Å². The van der Waals surface area contributed by atoms with Crippen molar-refractivity contribution in [3.8, 4) is 0 Å². The molecular weight excluding hydrogens is 336 g/mol. The van der Waals surface area contributed by atoms with E-state index >= 15 is 0 Å². The van der Waals surface area contributed by atoms with Crippen LogP contribution in [0.1, 0.15) is 11.3 Å². The lowest BCUT2D eigenvalue weighted by Crippen LogP contribution is -2.22. The molecule has 0 spiro atoms. The van der Waals surface area contributed by atoms with Gasteiger partial charge in [-0.25, -0.2) is 18.1 Å². The molecule has 1 aromatic heterocycles. The number of benzene rings is 1. The molecule has 24 heavy (non-hydrogen) atoms. The summed E-state index contributed by atoms with van der Waals surface area (Å²) < 4.78 is 26.7. The number of non-ortho nitro benzene ring substituents is 1. The van der Waals surface area contributed by atoms with Crippen molar-refractivity contribution in [3.63, 3.8) is 0 Å². The van der Waals surface area contributed by atoms with E-state index in [1.807, 2.05) is 0 Å². The highest BCUT2D eigenvalue weighted by atomic mass is 32.2. The van der Waals surface area contributed by atoms with Gasteiger partial charge in [-0.1, -0.05) is 12.1 Å². The van der Waals surface area contributed by atoms with Crippen molar-refractivity contribution in [2.75, 3.05) is 4.72 Å². The van der Waals surface area contributed by atoms with Crippen molar-refractivity contribution < 1.29 is 13.3 Å². The number of rotatable bonds is 6. The molecule has 2 N–H and O–H groups in total. The highest BCUT2D eigenvalue weighted by Gasteiger charge is 2.19. The molecule has 0 unspecified atom stereocenters. The van der Waals surface area contributed by atoms with Gasteiger partial charge in [-0.15, -0.1) is 6.58 Å². The number of nitrogens with one attached hydrogen (secondary N) is 2. The van der Waals surface area contributed by atoms with Crippen LogP contribution in [0.15, 0.2) is 46.6 Å². The number of sulfonamides is 1. The third-order valence-electron chi connectivity index (χ3n) is 3.14. The normalized spacial score (nSPS) is 11.0. The lowest BCUT2D eigenvalue weighted by molar-refractivity contribution is -0.385. The van der Waals surface area contributed by atoms with Gasteiger partial charge in [0.25, 0.3) is 21.3 Å². The molecule has 0 fully saturated rings. The first-order chi connectivity index (χ1) is 11.2. The highest BCUT2D eigenvalue weighted by molar-refractivity contribution is 7.92. The summed E-state index contributed by atoms with van der Waals surface area (Å²) in [7, 11) is -4.14. The zero-order valence-corrected chi connectivity index (χ0v) is 13.5. The zero-order chi connectivity index (χ0) is 17.9. The fourth-order valence-corrected chi connectivity index (χ4v) is 3.00. The molecule has 9 nitrogen and oxygen atoms in total. The molecule has 0 aliphatic carbocycles. The van der Waals surface area contributed by atoms with Gasteiger partial charge in [0.05, 0.1) is 15.5 Å². The van der Waals surface area contributed by atoms with Gasteiger partial charge in [-0.05, 0) is 19.4 Å². The van der Waals surface area contributed by atoms with E-state index in [0.717, 1.165) is 6.07 Å². The van der Waals surface area contributed by atoms with E-state index in [0.29, 0.717) is 17.7 Å². The Morgan fingerprint density at radius 1 is 1.46 bits per heavy atom. The Morgan fingerprint density at radius 2 is 2.17 bits per heavy atom. The molecule has 126 valence electrons. The maximum atomic E-state index is 12.3. The molecule has 0 amide bonds. The van der Waals surface area contributed by atoms with E-state index in [4.69, 9.17) is 0 Å². The Morgan fingerprint density at radius 3 is 2.75 bits per heavy atom. The maximum Gasteiger partial charge on any atom is 0.270 e. The summed E-state index contributed by atoms with van der Waals surface area (Å²) in [5.74, 6) is -0.267. The molecule has 0 aliphatic rings. The molecule has 2 rings (SSSR count). The number of aromatic nitrogens is 2. The topological polar surface area (TPSA) is 135 Å².